The average molecular weight is 177 g/mol. The molecule has 1 aliphatic heterocycles. The Bertz CT molecular complexity index is 310. The van der Waals surface area contributed by atoms with E-state index in [-0.39, 0.29) is 5.92 Å². The van der Waals surface area contributed by atoms with Crippen molar-refractivity contribution < 1.29 is 9.90 Å². The molecular formula is C10H11NO2. The molecule has 2 N–H and O–H groups in total. The zero-order chi connectivity index (χ0) is 9.26. The van der Waals surface area contributed by atoms with Gasteiger partial charge in [0.2, 0.25) is 0 Å². The second-order valence-electron chi connectivity index (χ2n) is 3.24. The van der Waals surface area contributed by atoms with Gasteiger partial charge in [-0.05, 0) is 5.56 Å². The van der Waals surface area contributed by atoms with E-state index in [4.69, 9.17) is 5.11 Å². The number of benzene rings is 1. The van der Waals surface area contributed by atoms with E-state index in [9.17, 15) is 4.79 Å². The Morgan fingerprint density at radius 2 is 2.08 bits per heavy atom. The van der Waals surface area contributed by atoms with Crippen molar-refractivity contribution >= 4 is 5.97 Å². The predicted molar refractivity (Wildman–Crippen MR) is 48.6 cm³/mol. The van der Waals surface area contributed by atoms with Gasteiger partial charge in [0.25, 0.3) is 0 Å². The highest BCUT2D eigenvalue weighted by Gasteiger charge is 2.36. The van der Waals surface area contributed by atoms with E-state index in [2.05, 4.69) is 5.32 Å². The maximum absolute atomic E-state index is 10.7. The van der Waals surface area contributed by atoms with Crippen LogP contribution >= 0.6 is 0 Å². The van der Waals surface area contributed by atoms with Gasteiger partial charge in [-0.1, -0.05) is 30.3 Å². The molecule has 0 spiro atoms. The van der Waals surface area contributed by atoms with Crippen LogP contribution in [0, 0.1) is 0 Å². The summed E-state index contributed by atoms with van der Waals surface area (Å²) in [7, 11) is 0. The SMILES string of the molecule is O=C(O)[C@H]1NC[C@@H]1c1ccccc1. The van der Waals surface area contributed by atoms with Crippen molar-refractivity contribution in [2.24, 2.45) is 0 Å². The highest BCUT2D eigenvalue weighted by molar-refractivity contribution is 5.76. The highest BCUT2D eigenvalue weighted by atomic mass is 16.4. The van der Waals surface area contributed by atoms with E-state index in [1.807, 2.05) is 30.3 Å². The summed E-state index contributed by atoms with van der Waals surface area (Å²) in [5.74, 6) is -0.626. The third kappa shape index (κ3) is 1.42. The summed E-state index contributed by atoms with van der Waals surface area (Å²) < 4.78 is 0. The summed E-state index contributed by atoms with van der Waals surface area (Å²) in [6.07, 6.45) is 0. The second-order valence-corrected chi connectivity index (χ2v) is 3.24. The molecule has 1 heterocycles. The van der Waals surface area contributed by atoms with Gasteiger partial charge in [-0.15, -0.1) is 0 Å². The molecule has 0 unspecified atom stereocenters. The number of carbonyl (C=O) groups is 1. The molecule has 0 amide bonds. The molecule has 2 atom stereocenters. The number of nitrogens with one attached hydrogen (secondary N) is 1. The molecule has 1 aromatic carbocycles. The van der Waals surface area contributed by atoms with Crippen molar-refractivity contribution in [2.45, 2.75) is 12.0 Å². The van der Waals surface area contributed by atoms with Crippen LogP contribution in [-0.4, -0.2) is 23.7 Å². The van der Waals surface area contributed by atoms with Crippen LogP contribution in [0.2, 0.25) is 0 Å². The van der Waals surface area contributed by atoms with Crippen molar-refractivity contribution in [3.05, 3.63) is 35.9 Å². The number of rotatable bonds is 2. The van der Waals surface area contributed by atoms with Gasteiger partial charge in [-0.3, -0.25) is 4.79 Å². The van der Waals surface area contributed by atoms with Crippen molar-refractivity contribution in [3.8, 4) is 0 Å². The first-order chi connectivity index (χ1) is 6.29. The lowest BCUT2D eigenvalue weighted by Crippen LogP contribution is -2.55. The van der Waals surface area contributed by atoms with Crippen molar-refractivity contribution in [1.82, 2.24) is 5.32 Å². The van der Waals surface area contributed by atoms with Gasteiger partial charge in [0.05, 0.1) is 0 Å². The minimum Gasteiger partial charge on any atom is -0.480 e. The smallest absolute Gasteiger partial charge is 0.321 e. The Hall–Kier alpha value is -1.35. The van der Waals surface area contributed by atoms with Crippen LogP contribution in [0.4, 0.5) is 0 Å². The van der Waals surface area contributed by atoms with Crippen LogP contribution in [0.25, 0.3) is 0 Å². The van der Waals surface area contributed by atoms with Crippen LogP contribution in [0.15, 0.2) is 30.3 Å². The standard InChI is InChI=1S/C10H11NO2/c12-10(13)9-8(6-11-9)7-4-2-1-3-5-7/h1-5,8-9,11H,6H2,(H,12,13)/t8-,9+/m1/s1. The molecule has 3 heteroatoms. The molecular weight excluding hydrogens is 166 g/mol. The molecule has 1 fully saturated rings. The average Bonchev–Trinajstić information content (AvgIpc) is 2.02. The first kappa shape index (κ1) is 8.26. The summed E-state index contributed by atoms with van der Waals surface area (Å²) >= 11 is 0. The van der Waals surface area contributed by atoms with Gasteiger partial charge in [0.1, 0.15) is 6.04 Å². The molecule has 68 valence electrons. The normalized spacial score (nSPS) is 26.5. The third-order valence-electron chi connectivity index (χ3n) is 2.45. The van der Waals surface area contributed by atoms with E-state index in [0.29, 0.717) is 0 Å². The fraction of sp³-hybridized carbons (Fsp3) is 0.300. The molecule has 0 bridgehead atoms. The fourth-order valence-corrected chi connectivity index (χ4v) is 1.62. The molecule has 0 aliphatic carbocycles. The van der Waals surface area contributed by atoms with Crippen molar-refractivity contribution in [3.63, 3.8) is 0 Å². The van der Waals surface area contributed by atoms with Crippen molar-refractivity contribution in [2.75, 3.05) is 6.54 Å². The quantitative estimate of drug-likeness (QED) is 0.703. The molecule has 3 nitrogen and oxygen atoms in total. The Kier molecular flexibility index (Phi) is 2.02. The summed E-state index contributed by atoms with van der Waals surface area (Å²) in [6, 6.07) is 9.36. The summed E-state index contributed by atoms with van der Waals surface area (Å²) in [5.41, 5.74) is 1.11. The number of aliphatic carboxylic acids is 1. The summed E-state index contributed by atoms with van der Waals surface area (Å²) in [4.78, 5) is 10.7. The molecule has 0 radical (unpaired) electrons. The van der Waals surface area contributed by atoms with Gasteiger partial charge >= 0.3 is 5.97 Å². The van der Waals surface area contributed by atoms with Gasteiger partial charge in [-0.2, -0.15) is 0 Å². The zero-order valence-corrected chi connectivity index (χ0v) is 7.10. The van der Waals surface area contributed by atoms with Crippen molar-refractivity contribution in [1.29, 1.82) is 0 Å². The monoisotopic (exact) mass is 177 g/mol. The first-order valence-electron chi connectivity index (χ1n) is 4.30. The Labute approximate surface area is 76.4 Å². The largest absolute Gasteiger partial charge is 0.480 e. The lowest BCUT2D eigenvalue weighted by atomic mass is 9.85. The van der Waals surface area contributed by atoms with E-state index >= 15 is 0 Å². The topological polar surface area (TPSA) is 49.3 Å². The lowest BCUT2D eigenvalue weighted by molar-refractivity contribution is -0.142. The van der Waals surface area contributed by atoms with E-state index in [1.165, 1.54) is 0 Å². The molecule has 1 aromatic rings. The van der Waals surface area contributed by atoms with Crippen LogP contribution < -0.4 is 5.32 Å². The van der Waals surface area contributed by atoms with E-state index in [1.54, 1.807) is 0 Å². The minimum absolute atomic E-state index is 0.138. The number of carboxylic acid groups (broad SMARTS) is 1. The minimum atomic E-state index is -0.764. The lowest BCUT2D eigenvalue weighted by Gasteiger charge is -2.35. The maximum Gasteiger partial charge on any atom is 0.321 e. The van der Waals surface area contributed by atoms with E-state index in [0.717, 1.165) is 12.1 Å². The summed E-state index contributed by atoms with van der Waals surface area (Å²) in [6.45, 7) is 0.765. The molecule has 1 aliphatic rings. The van der Waals surface area contributed by atoms with Gasteiger partial charge in [0, 0.05) is 12.5 Å². The Balaban J connectivity index is 2.15. The molecule has 0 saturated carbocycles. The molecule has 13 heavy (non-hydrogen) atoms. The first-order valence-corrected chi connectivity index (χ1v) is 4.30. The van der Waals surface area contributed by atoms with Crippen LogP contribution in [0.1, 0.15) is 11.5 Å². The highest BCUT2D eigenvalue weighted by Crippen LogP contribution is 2.25. The van der Waals surface area contributed by atoms with Crippen LogP contribution in [0.5, 0.6) is 0 Å². The number of hydrogen-bond acceptors (Lipinski definition) is 2. The second kappa shape index (κ2) is 3.18. The van der Waals surface area contributed by atoms with Gasteiger partial charge in [0.15, 0.2) is 0 Å². The Morgan fingerprint density at radius 1 is 1.38 bits per heavy atom. The summed E-state index contributed by atoms with van der Waals surface area (Å²) in [5, 5.41) is 11.7. The molecule has 1 saturated heterocycles. The number of carboxylic acids is 1. The van der Waals surface area contributed by atoms with E-state index < -0.39 is 12.0 Å². The fourth-order valence-electron chi connectivity index (χ4n) is 1.62. The maximum atomic E-state index is 10.7. The zero-order valence-electron chi connectivity index (χ0n) is 7.10. The molecule has 0 aromatic heterocycles. The number of hydrogen-bond donors (Lipinski definition) is 2. The van der Waals surface area contributed by atoms with Crippen LogP contribution in [0.3, 0.4) is 0 Å². The Morgan fingerprint density at radius 3 is 2.54 bits per heavy atom. The van der Waals surface area contributed by atoms with Crippen LogP contribution in [-0.2, 0) is 4.79 Å². The third-order valence-corrected chi connectivity index (χ3v) is 2.45. The van der Waals surface area contributed by atoms with Gasteiger partial charge < -0.3 is 10.4 Å². The molecule has 2 rings (SSSR count). The van der Waals surface area contributed by atoms with Gasteiger partial charge in [-0.25, -0.2) is 0 Å². The predicted octanol–water partition coefficient (Wildman–Crippen LogP) is 0.827.